The van der Waals surface area contributed by atoms with Crippen molar-refractivity contribution >= 4 is 44.3 Å². The molecule has 10 nitrogen and oxygen atoms in total. The number of nitrogens with one attached hydrogen (secondary N) is 3. The third kappa shape index (κ3) is 5.46. The van der Waals surface area contributed by atoms with Crippen molar-refractivity contribution in [3.05, 3.63) is 90.8 Å². The van der Waals surface area contributed by atoms with Crippen LogP contribution in [0.4, 0.5) is 17.3 Å². The predicted octanol–water partition coefficient (Wildman–Crippen LogP) is 4.86. The Bertz CT molecular complexity index is 1640. The highest BCUT2D eigenvalue weighted by molar-refractivity contribution is 7.92. The van der Waals surface area contributed by atoms with E-state index in [0.717, 1.165) is 11.4 Å². The summed E-state index contributed by atoms with van der Waals surface area (Å²) in [6, 6.07) is 20.2. The molecule has 3 N–H and O–H groups in total. The smallest absolute Gasteiger partial charge is 0.338 e. The topological polar surface area (TPSA) is 131 Å². The van der Waals surface area contributed by atoms with Gasteiger partial charge in [-0.25, -0.2) is 22.9 Å². The van der Waals surface area contributed by atoms with Crippen molar-refractivity contribution < 1.29 is 17.9 Å². The minimum absolute atomic E-state index is 0.0601. The van der Waals surface area contributed by atoms with E-state index in [2.05, 4.69) is 25.1 Å². The maximum Gasteiger partial charge on any atom is 0.338 e. The molecule has 0 saturated carbocycles. The molecule has 0 atom stereocenters. The van der Waals surface area contributed by atoms with Crippen molar-refractivity contribution in [3.63, 3.8) is 0 Å². The highest BCUT2D eigenvalue weighted by atomic mass is 32.2. The minimum atomic E-state index is -3.88. The van der Waals surface area contributed by atoms with Gasteiger partial charge < -0.3 is 15.0 Å². The maximum atomic E-state index is 13.0. The Labute approximate surface area is 213 Å². The second kappa shape index (κ2) is 9.78. The molecular weight excluding hydrogens is 492 g/mol. The first-order valence-electron chi connectivity index (χ1n) is 11.5. The summed E-state index contributed by atoms with van der Waals surface area (Å²) in [6.45, 7) is 3.52. The van der Waals surface area contributed by atoms with Gasteiger partial charge in [0, 0.05) is 23.8 Å². The number of ether oxygens (including phenoxy) is 1. The van der Waals surface area contributed by atoms with Crippen LogP contribution in [-0.2, 0) is 14.8 Å². The van der Waals surface area contributed by atoms with Gasteiger partial charge in [-0.3, -0.25) is 4.72 Å². The molecule has 5 aromatic rings. The molecule has 0 aliphatic rings. The molecule has 0 spiro atoms. The fraction of sp³-hybridized carbons (Fsp3) is 0.115. The number of fused-ring (bicyclic) bond motifs is 1. The second-order valence-electron chi connectivity index (χ2n) is 8.52. The predicted molar refractivity (Wildman–Crippen MR) is 141 cm³/mol. The van der Waals surface area contributed by atoms with Crippen LogP contribution in [0.25, 0.3) is 16.7 Å². The van der Waals surface area contributed by atoms with E-state index >= 15 is 0 Å². The molecule has 0 radical (unpaired) electrons. The third-order valence-corrected chi connectivity index (χ3v) is 6.76. The zero-order valence-electron chi connectivity index (χ0n) is 20.0. The van der Waals surface area contributed by atoms with Crippen molar-refractivity contribution in [2.75, 3.05) is 10.0 Å². The number of aromatic nitrogens is 4. The van der Waals surface area contributed by atoms with Gasteiger partial charge in [0.2, 0.25) is 5.95 Å². The van der Waals surface area contributed by atoms with Crippen LogP contribution in [0.5, 0.6) is 0 Å². The molecule has 0 bridgehead atoms. The Balaban J connectivity index is 1.30. The number of sulfonamides is 1. The van der Waals surface area contributed by atoms with Gasteiger partial charge in [0.25, 0.3) is 10.0 Å². The largest absolute Gasteiger partial charge is 0.459 e. The van der Waals surface area contributed by atoms with Gasteiger partial charge in [0.05, 0.1) is 33.3 Å². The molecular formula is C26H24N6O4S. The van der Waals surface area contributed by atoms with E-state index in [1.807, 2.05) is 36.5 Å². The van der Waals surface area contributed by atoms with Gasteiger partial charge in [-0.2, -0.15) is 5.10 Å². The Kier molecular flexibility index (Phi) is 6.36. The highest BCUT2D eigenvalue weighted by Gasteiger charge is 2.17. The molecule has 0 saturated heterocycles. The lowest BCUT2D eigenvalue weighted by atomic mass is 10.2. The number of carbonyl (C=O) groups is 1. The SMILES string of the molecule is CC(C)OC(=O)c1ccc(NS(=O)(=O)c2ccc3[nH]c(Nc4ccc(-n5cccn5)cc4)nc3c2)cc1. The molecule has 0 fully saturated rings. The number of H-pyrrole nitrogens is 1. The number of imidazole rings is 1. The molecule has 2 aromatic heterocycles. The molecule has 2 heterocycles. The molecule has 3 aromatic carbocycles. The molecule has 0 amide bonds. The zero-order valence-corrected chi connectivity index (χ0v) is 20.9. The lowest BCUT2D eigenvalue weighted by Gasteiger charge is -2.10. The lowest BCUT2D eigenvalue weighted by molar-refractivity contribution is 0.0378. The maximum absolute atomic E-state index is 13.0. The van der Waals surface area contributed by atoms with E-state index < -0.39 is 16.0 Å². The third-order valence-electron chi connectivity index (χ3n) is 5.38. The summed E-state index contributed by atoms with van der Waals surface area (Å²) in [6.07, 6.45) is 3.33. The Morgan fingerprint density at radius 2 is 1.73 bits per heavy atom. The average molecular weight is 517 g/mol. The van der Waals surface area contributed by atoms with Crippen molar-refractivity contribution in [1.29, 1.82) is 0 Å². The normalized spacial score (nSPS) is 11.5. The number of aromatic amines is 1. The number of rotatable bonds is 8. The summed E-state index contributed by atoms with van der Waals surface area (Å²) < 4.78 is 35.4. The fourth-order valence-electron chi connectivity index (χ4n) is 3.64. The second-order valence-corrected chi connectivity index (χ2v) is 10.2. The summed E-state index contributed by atoms with van der Waals surface area (Å²) in [5, 5.41) is 7.40. The van der Waals surface area contributed by atoms with Crippen molar-refractivity contribution in [2.45, 2.75) is 24.8 Å². The highest BCUT2D eigenvalue weighted by Crippen LogP contribution is 2.24. The minimum Gasteiger partial charge on any atom is -0.459 e. The van der Waals surface area contributed by atoms with Crippen molar-refractivity contribution in [3.8, 4) is 5.69 Å². The van der Waals surface area contributed by atoms with E-state index in [1.165, 1.54) is 36.4 Å². The lowest BCUT2D eigenvalue weighted by Crippen LogP contribution is -2.14. The van der Waals surface area contributed by atoms with Crippen LogP contribution in [0.2, 0.25) is 0 Å². The van der Waals surface area contributed by atoms with E-state index in [4.69, 9.17) is 4.74 Å². The number of hydrogen-bond acceptors (Lipinski definition) is 7. The van der Waals surface area contributed by atoms with Gasteiger partial charge in [-0.15, -0.1) is 0 Å². The van der Waals surface area contributed by atoms with Crippen LogP contribution in [0, 0.1) is 0 Å². The first kappa shape index (κ1) is 24.1. The van der Waals surface area contributed by atoms with E-state index in [0.29, 0.717) is 28.2 Å². The van der Waals surface area contributed by atoms with Crippen molar-refractivity contribution in [2.24, 2.45) is 0 Å². The number of esters is 1. The Hall–Kier alpha value is -4.64. The van der Waals surface area contributed by atoms with E-state index in [1.54, 1.807) is 30.8 Å². The number of benzene rings is 3. The number of anilines is 3. The molecule has 0 aliphatic carbocycles. The zero-order chi connectivity index (χ0) is 26.0. The summed E-state index contributed by atoms with van der Waals surface area (Å²) >= 11 is 0. The quantitative estimate of drug-likeness (QED) is 0.251. The van der Waals surface area contributed by atoms with Crippen LogP contribution in [0.15, 0.2) is 90.1 Å². The van der Waals surface area contributed by atoms with Crippen LogP contribution < -0.4 is 10.0 Å². The Morgan fingerprint density at radius 1 is 1.00 bits per heavy atom. The number of carbonyl (C=O) groups excluding carboxylic acids is 1. The van der Waals surface area contributed by atoms with E-state index in [9.17, 15) is 13.2 Å². The Morgan fingerprint density at radius 3 is 2.41 bits per heavy atom. The average Bonchev–Trinajstić information content (AvgIpc) is 3.54. The first-order valence-corrected chi connectivity index (χ1v) is 13.0. The summed E-state index contributed by atoms with van der Waals surface area (Å²) in [5.74, 6) is 0.0138. The summed E-state index contributed by atoms with van der Waals surface area (Å²) in [5.41, 5.74) is 3.57. The van der Waals surface area contributed by atoms with E-state index in [-0.39, 0.29) is 11.0 Å². The van der Waals surface area contributed by atoms with Gasteiger partial charge in [-0.05, 0) is 86.6 Å². The van der Waals surface area contributed by atoms with Crippen LogP contribution >= 0.6 is 0 Å². The van der Waals surface area contributed by atoms with Crippen molar-refractivity contribution in [1.82, 2.24) is 19.7 Å². The van der Waals surface area contributed by atoms with Gasteiger partial charge in [0.1, 0.15) is 0 Å². The van der Waals surface area contributed by atoms with Crippen LogP contribution in [0.1, 0.15) is 24.2 Å². The molecule has 0 aliphatic heterocycles. The van der Waals surface area contributed by atoms with Crippen LogP contribution in [-0.4, -0.2) is 40.2 Å². The standard InChI is InChI=1S/C26H24N6O4S/c1-17(2)36-25(33)18-4-6-20(7-5-18)31-37(34,35)22-12-13-23-24(16-22)30-26(29-23)28-19-8-10-21(11-9-19)32-15-3-14-27-32/h3-17,31H,1-2H3,(H2,28,29,30). The van der Waals surface area contributed by atoms with Gasteiger partial charge >= 0.3 is 5.97 Å². The fourth-order valence-corrected chi connectivity index (χ4v) is 4.72. The molecule has 11 heteroatoms. The molecule has 5 rings (SSSR count). The van der Waals surface area contributed by atoms with Crippen LogP contribution in [0.3, 0.4) is 0 Å². The van der Waals surface area contributed by atoms with Gasteiger partial charge in [-0.1, -0.05) is 0 Å². The monoisotopic (exact) mass is 516 g/mol. The number of hydrogen-bond donors (Lipinski definition) is 3. The first-order chi connectivity index (χ1) is 17.8. The molecule has 188 valence electrons. The molecule has 0 unspecified atom stereocenters. The number of nitrogens with zero attached hydrogens (tertiary/aromatic N) is 3. The van der Waals surface area contributed by atoms with Gasteiger partial charge in [0.15, 0.2) is 0 Å². The summed E-state index contributed by atoms with van der Waals surface area (Å²) in [4.78, 5) is 19.7. The molecule has 37 heavy (non-hydrogen) atoms. The summed E-state index contributed by atoms with van der Waals surface area (Å²) in [7, 11) is -3.88.